The van der Waals surface area contributed by atoms with Gasteiger partial charge in [-0.05, 0) is 38.1 Å². The highest BCUT2D eigenvalue weighted by molar-refractivity contribution is 9.09. The fourth-order valence-corrected chi connectivity index (χ4v) is 4.96. The second-order valence-corrected chi connectivity index (χ2v) is 8.56. The number of rotatable bonds is 4. The molecule has 2 aliphatic rings. The molecule has 0 bridgehead atoms. The average Bonchev–Trinajstić information content (AvgIpc) is 2.39. The lowest BCUT2D eigenvalue weighted by atomic mass is 9.96. The van der Waals surface area contributed by atoms with Crippen LogP contribution in [0.4, 0.5) is 0 Å². The predicted molar refractivity (Wildman–Crippen MR) is 82.1 cm³/mol. The van der Waals surface area contributed by atoms with Crippen molar-refractivity contribution in [2.45, 2.75) is 38.1 Å². The van der Waals surface area contributed by atoms with E-state index in [0.717, 1.165) is 24.7 Å². The van der Waals surface area contributed by atoms with Crippen LogP contribution >= 0.6 is 15.9 Å². The van der Waals surface area contributed by atoms with Gasteiger partial charge in [0.15, 0.2) is 0 Å². The van der Waals surface area contributed by atoms with E-state index in [1.165, 1.54) is 32.1 Å². The Kier molecular flexibility index (Phi) is 5.69. The van der Waals surface area contributed by atoms with Crippen LogP contribution in [-0.4, -0.2) is 61.4 Å². The van der Waals surface area contributed by atoms with Crippen LogP contribution < -0.4 is 0 Å². The van der Waals surface area contributed by atoms with Crippen LogP contribution in [0, 0.1) is 5.92 Å². The molecular weight excluding hydrogens is 328 g/mol. The molecular formula is C13H25BrN2O2S. The first kappa shape index (κ1) is 15.7. The van der Waals surface area contributed by atoms with Gasteiger partial charge in [-0.3, -0.25) is 4.90 Å². The van der Waals surface area contributed by atoms with Gasteiger partial charge < -0.3 is 0 Å². The molecule has 0 spiro atoms. The molecule has 2 heterocycles. The Labute approximate surface area is 125 Å². The number of halogens is 1. The molecule has 0 amide bonds. The minimum absolute atomic E-state index is 0.503. The molecule has 19 heavy (non-hydrogen) atoms. The third-order valence-electron chi connectivity index (χ3n) is 4.37. The van der Waals surface area contributed by atoms with Crippen molar-refractivity contribution in [3.05, 3.63) is 0 Å². The second kappa shape index (κ2) is 6.87. The Hall–Kier alpha value is 0.350. The van der Waals surface area contributed by atoms with E-state index in [4.69, 9.17) is 0 Å². The fraction of sp³-hybridized carbons (Fsp3) is 1.00. The zero-order chi connectivity index (χ0) is 13.9. The quantitative estimate of drug-likeness (QED) is 0.725. The maximum Gasteiger partial charge on any atom is 0.211 e. The fourth-order valence-electron chi connectivity index (χ4n) is 3.28. The van der Waals surface area contributed by atoms with E-state index in [1.54, 1.807) is 4.31 Å². The molecule has 0 N–H and O–H groups in total. The standard InChI is InChI=1S/C13H25BrN2O2S/c1-19(17,18)16-8-4-5-12(11-16)10-15-7-3-2-6-13(15)9-14/h12-13H,2-11H2,1H3. The number of sulfonamides is 1. The molecule has 0 aromatic carbocycles. The van der Waals surface area contributed by atoms with E-state index < -0.39 is 10.0 Å². The maximum absolute atomic E-state index is 11.6. The molecule has 112 valence electrons. The summed E-state index contributed by atoms with van der Waals surface area (Å²) in [7, 11) is -3.01. The van der Waals surface area contributed by atoms with Gasteiger partial charge in [-0.1, -0.05) is 22.4 Å². The summed E-state index contributed by atoms with van der Waals surface area (Å²) in [6.07, 6.45) is 7.38. The Bertz CT molecular complexity index is 388. The third-order valence-corrected chi connectivity index (χ3v) is 6.39. The smallest absolute Gasteiger partial charge is 0.211 e. The molecule has 2 saturated heterocycles. The van der Waals surface area contributed by atoms with Crippen LogP contribution in [0.5, 0.6) is 0 Å². The molecule has 0 aromatic heterocycles. The summed E-state index contributed by atoms with van der Waals surface area (Å²) in [5.74, 6) is 0.503. The summed E-state index contributed by atoms with van der Waals surface area (Å²) in [6.45, 7) is 3.65. The number of hydrogen-bond acceptors (Lipinski definition) is 3. The molecule has 6 heteroatoms. The topological polar surface area (TPSA) is 40.6 Å². The monoisotopic (exact) mass is 352 g/mol. The van der Waals surface area contributed by atoms with Crippen molar-refractivity contribution < 1.29 is 8.42 Å². The van der Waals surface area contributed by atoms with E-state index in [0.29, 0.717) is 25.0 Å². The van der Waals surface area contributed by atoms with E-state index in [-0.39, 0.29) is 0 Å². The van der Waals surface area contributed by atoms with Gasteiger partial charge in [0.1, 0.15) is 0 Å². The lowest BCUT2D eigenvalue weighted by Gasteiger charge is -2.39. The van der Waals surface area contributed by atoms with Gasteiger partial charge in [0, 0.05) is 31.0 Å². The normalized spacial score (nSPS) is 31.5. The summed E-state index contributed by atoms with van der Waals surface area (Å²) >= 11 is 3.61. The Morgan fingerprint density at radius 3 is 2.63 bits per heavy atom. The lowest BCUT2D eigenvalue weighted by molar-refractivity contribution is 0.118. The van der Waals surface area contributed by atoms with E-state index in [9.17, 15) is 8.42 Å². The van der Waals surface area contributed by atoms with Gasteiger partial charge in [0.2, 0.25) is 10.0 Å². The molecule has 2 unspecified atom stereocenters. The van der Waals surface area contributed by atoms with Crippen molar-refractivity contribution in [1.82, 2.24) is 9.21 Å². The molecule has 2 aliphatic heterocycles. The van der Waals surface area contributed by atoms with Gasteiger partial charge in [-0.25, -0.2) is 12.7 Å². The second-order valence-electron chi connectivity index (χ2n) is 5.93. The van der Waals surface area contributed by atoms with E-state index in [1.807, 2.05) is 0 Å². The number of piperidine rings is 2. The number of nitrogens with zero attached hydrogens (tertiary/aromatic N) is 2. The van der Waals surface area contributed by atoms with Crippen molar-refractivity contribution in [1.29, 1.82) is 0 Å². The molecule has 0 saturated carbocycles. The Morgan fingerprint density at radius 2 is 1.95 bits per heavy atom. The minimum Gasteiger partial charge on any atom is -0.299 e. The van der Waals surface area contributed by atoms with Crippen LogP contribution in [0.25, 0.3) is 0 Å². The minimum atomic E-state index is -3.01. The molecule has 0 aliphatic carbocycles. The lowest BCUT2D eigenvalue weighted by Crippen LogP contribution is -2.47. The molecule has 0 aromatic rings. The highest BCUT2D eigenvalue weighted by atomic mass is 79.9. The molecule has 0 radical (unpaired) electrons. The maximum atomic E-state index is 11.6. The molecule has 4 nitrogen and oxygen atoms in total. The molecule has 2 rings (SSSR count). The average molecular weight is 353 g/mol. The molecule has 2 atom stereocenters. The number of hydrogen-bond donors (Lipinski definition) is 0. The van der Waals surface area contributed by atoms with Crippen molar-refractivity contribution in [2.24, 2.45) is 5.92 Å². The number of likely N-dealkylation sites (tertiary alicyclic amines) is 1. The van der Waals surface area contributed by atoms with E-state index in [2.05, 4.69) is 20.8 Å². The van der Waals surface area contributed by atoms with Gasteiger partial charge >= 0.3 is 0 Å². The van der Waals surface area contributed by atoms with Crippen LogP contribution in [0.2, 0.25) is 0 Å². The summed E-state index contributed by atoms with van der Waals surface area (Å²) in [6, 6.07) is 0.641. The van der Waals surface area contributed by atoms with Gasteiger partial charge in [0.05, 0.1) is 6.26 Å². The first-order valence-electron chi connectivity index (χ1n) is 7.26. The first-order chi connectivity index (χ1) is 9.00. The van der Waals surface area contributed by atoms with E-state index >= 15 is 0 Å². The zero-order valence-corrected chi connectivity index (χ0v) is 14.1. The van der Waals surface area contributed by atoms with Crippen molar-refractivity contribution in [3.8, 4) is 0 Å². The van der Waals surface area contributed by atoms with Gasteiger partial charge in [0.25, 0.3) is 0 Å². The SMILES string of the molecule is CS(=O)(=O)N1CCCC(CN2CCCCC2CBr)C1. The summed E-state index contributed by atoms with van der Waals surface area (Å²) in [4.78, 5) is 2.56. The highest BCUT2D eigenvalue weighted by Gasteiger charge is 2.29. The summed E-state index contributed by atoms with van der Waals surface area (Å²) in [5.41, 5.74) is 0. The van der Waals surface area contributed by atoms with Crippen LogP contribution in [-0.2, 0) is 10.0 Å². The highest BCUT2D eigenvalue weighted by Crippen LogP contribution is 2.24. The first-order valence-corrected chi connectivity index (χ1v) is 10.2. The Morgan fingerprint density at radius 1 is 1.16 bits per heavy atom. The van der Waals surface area contributed by atoms with Crippen molar-refractivity contribution in [2.75, 3.05) is 37.8 Å². The molecule has 2 fully saturated rings. The van der Waals surface area contributed by atoms with Gasteiger partial charge in [-0.15, -0.1) is 0 Å². The largest absolute Gasteiger partial charge is 0.299 e. The van der Waals surface area contributed by atoms with Crippen LogP contribution in [0.1, 0.15) is 32.1 Å². The predicted octanol–water partition coefficient (Wildman–Crippen LogP) is 1.91. The van der Waals surface area contributed by atoms with Crippen molar-refractivity contribution >= 4 is 26.0 Å². The third kappa shape index (κ3) is 4.41. The van der Waals surface area contributed by atoms with Crippen molar-refractivity contribution in [3.63, 3.8) is 0 Å². The summed E-state index contributed by atoms with van der Waals surface area (Å²) in [5, 5.41) is 1.04. The summed E-state index contributed by atoms with van der Waals surface area (Å²) < 4.78 is 25.0. The van der Waals surface area contributed by atoms with Crippen LogP contribution in [0.3, 0.4) is 0 Å². The Balaban J connectivity index is 1.91. The van der Waals surface area contributed by atoms with Crippen LogP contribution in [0.15, 0.2) is 0 Å². The van der Waals surface area contributed by atoms with Gasteiger partial charge in [-0.2, -0.15) is 0 Å². The zero-order valence-electron chi connectivity index (χ0n) is 11.7. The number of alkyl halides is 1.